The lowest BCUT2D eigenvalue weighted by Gasteiger charge is -2.11. The Bertz CT molecular complexity index is 806. The topological polar surface area (TPSA) is 91.4 Å². The second-order valence-electron chi connectivity index (χ2n) is 6.08. The van der Waals surface area contributed by atoms with Gasteiger partial charge in [-0.15, -0.1) is 0 Å². The van der Waals surface area contributed by atoms with Crippen LogP contribution < -0.4 is 10.0 Å². The number of benzene rings is 1. The summed E-state index contributed by atoms with van der Waals surface area (Å²) in [6.45, 7) is 1.48. The summed E-state index contributed by atoms with van der Waals surface area (Å²) in [6, 6.07) is 11.3. The van der Waals surface area contributed by atoms with Gasteiger partial charge in [-0.05, 0) is 63.5 Å². The van der Waals surface area contributed by atoms with E-state index in [1.807, 2.05) is 31.1 Å². The molecule has 7 nitrogen and oxygen atoms in total. The maximum atomic E-state index is 12.2. The highest BCUT2D eigenvalue weighted by Gasteiger charge is 2.14. The van der Waals surface area contributed by atoms with Crippen LogP contribution >= 0.6 is 0 Å². The quantitative estimate of drug-likeness (QED) is 0.643. The molecule has 1 heterocycles. The van der Waals surface area contributed by atoms with E-state index in [2.05, 4.69) is 15.0 Å². The summed E-state index contributed by atoms with van der Waals surface area (Å²) in [4.78, 5) is 18.4. The fourth-order valence-electron chi connectivity index (χ4n) is 2.25. The summed E-state index contributed by atoms with van der Waals surface area (Å²) in [6.07, 6.45) is 2.38. The predicted molar refractivity (Wildman–Crippen MR) is 100 cm³/mol. The molecule has 2 rings (SSSR count). The molecule has 26 heavy (non-hydrogen) atoms. The molecule has 0 atom stereocenters. The number of nitrogens with zero attached hydrogens (tertiary/aromatic N) is 2. The first-order valence-corrected chi connectivity index (χ1v) is 9.79. The summed E-state index contributed by atoms with van der Waals surface area (Å²) in [5.41, 5.74) is 1.15. The highest BCUT2D eigenvalue weighted by molar-refractivity contribution is 7.89. The van der Waals surface area contributed by atoms with E-state index >= 15 is 0 Å². The van der Waals surface area contributed by atoms with E-state index in [1.54, 1.807) is 12.3 Å². The molecular formula is C18H24N4O3S. The van der Waals surface area contributed by atoms with Crippen LogP contribution in [0.25, 0.3) is 0 Å². The zero-order chi connectivity index (χ0) is 19.0. The lowest BCUT2D eigenvalue weighted by molar-refractivity contribution is 0.0950. The minimum Gasteiger partial charge on any atom is -0.346 e. The van der Waals surface area contributed by atoms with E-state index in [9.17, 15) is 13.2 Å². The normalized spacial score (nSPS) is 11.5. The standard InChI is InChI=1S/C18H24N4O3S/c1-22(2)13-5-12-21-26(24,25)17-9-7-15(8-10-17)18(23)20-14-16-6-3-4-11-19-16/h3-4,6-11,21H,5,12-14H2,1-2H3,(H,20,23). The Kier molecular flexibility index (Phi) is 7.26. The minimum atomic E-state index is -3.57. The SMILES string of the molecule is CN(C)CCCNS(=O)(=O)c1ccc(C(=O)NCc2ccccn2)cc1. The lowest BCUT2D eigenvalue weighted by Crippen LogP contribution is -2.27. The van der Waals surface area contributed by atoms with Gasteiger partial charge in [0.05, 0.1) is 17.1 Å². The molecule has 2 N–H and O–H groups in total. The molecule has 8 heteroatoms. The van der Waals surface area contributed by atoms with Crippen molar-refractivity contribution in [2.24, 2.45) is 0 Å². The number of amides is 1. The maximum Gasteiger partial charge on any atom is 0.251 e. The smallest absolute Gasteiger partial charge is 0.251 e. The third-order valence-corrected chi connectivity index (χ3v) is 5.13. The second-order valence-corrected chi connectivity index (χ2v) is 7.85. The van der Waals surface area contributed by atoms with E-state index in [-0.39, 0.29) is 10.8 Å². The Morgan fingerprint density at radius 1 is 1.12 bits per heavy atom. The van der Waals surface area contributed by atoms with Gasteiger partial charge in [-0.1, -0.05) is 6.07 Å². The highest BCUT2D eigenvalue weighted by Crippen LogP contribution is 2.11. The van der Waals surface area contributed by atoms with Gasteiger partial charge in [-0.3, -0.25) is 9.78 Å². The van der Waals surface area contributed by atoms with Crippen molar-refractivity contribution in [3.05, 3.63) is 59.9 Å². The molecule has 0 bridgehead atoms. The molecule has 0 aliphatic heterocycles. The number of aromatic nitrogens is 1. The summed E-state index contributed by atoms with van der Waals surface area (Å²) in [5.74, 6) is -0.279. The molecule has 0 fully saturated rings. The van der Waals surface area contributed by atoms with Gasteiger partial charge in [0.2, 0.25) is 10.0 Å². The molecule has 1 amide bonds. The molecule has 0 unspecified atom stereocenters. The van der Waals surface area contributed by atoms with Crippen molar-refractivity contribution in [2.75, 3.05) is 27.2 Å². The van der Waals surface area contributed by atoms with Gasteiger partial charge in [0.15, 0.2) is 0 Å². The van der Waals surface area contributed by atoms with Gasteiger partial charge in [-0.2, -0.15) is 0 Å². The number of rotatable bonds is 9. The van der Waals surface area contributed by atoms with E-state index < -0.39 is 10.0 Å². The Hall–Kier alpha value is -2.29. The van der Waals surface area contributed by atoms with E-state index in [0.29, 0.717) is 18.7 Å². The molecule has 140 valence electrons. The first kappa shape index (κ1) is 20.0. The minimum absolute atomic E-state index is 0.142. The van der Waals surface area contributed by atoms with Gasteiger partial charge in [0, 0.05) is 18.3 Å². The van der Waals surface area contributed by atoms with Gasteiger partial charge >= 0.3 is 0 Å². The van der Waals surface area contributed by atoms with E-state index in [0.717, 1.165) is 18.7 Å². The van der Waals surface area contributed by atoms with Crippen LogP contribution in [0.1, 0.15) is 22.5 Å². The molecule has 1 aromatic carbocycles. The number of pyridine rings is 1. The largest absolute Gasteiger partial charge is 0.346 e. The first-order chi connectivity index (χ1) is 12.4. The van der Waals surface area contributed by atoms with Crippen molar-refractivity contribution in [2.45, 2.75) is 17.9 Å². The van der Waals surface area contributed by atoms with Gasteiger partial charge in [0.25, 0.3) is 5.91 Å². The van der Waals surface area contributed by atoms with Crippen molar-refractivity contribution >= 4 is 15.9 Å². The average molecular weight is 376 g/mol. The maximum absolute atomic E-state index is 12.2. The van der Waals surface area contributed by atoms with Gasteiger partial charge < -0.3 is 10.2 Å². The monoisotopic (exact) mass is 376 g/mol. The number of hydrogen-bond donors (Lipinski definition) is 2. The predicted octanol–water partition coefficient (Wildman–Crippen LogP) is 1.24. The number of nitrogens with one attached hydrogen (secondary N) is 2. The lowest BCUT2D eigenvalue weighted by atomic mass is 10.2. The zero-order valence-corrected chi connectivity index (χ0v) is 15.8. The van der Waals surface area contributed by atoms with Crippen molar-refractivity contribution < 1.29 is 13.2 Å². The van der Waals surface area contributed by atoms with Crippen LogP contribution in [-0.2, 0) is 16.6 Å². The second kappa shape index (κ2) is 9.42. The summed E-state index contributed by atoms with van der Waals surface area (Å²) >= 11 is 0. The van der Waals surface area contributed by atoms with Crippen LogP contribution in [0.5, 0.6) is 0 Å². The van der Waals surface area contributed by atoms with Crippen molar-refractivity contribution in [1.82, 2.24) is 19.9 Å². The summed E-state index contributed by atoms with van der Waals surface area (Å²) in [5, 5.41) is 2.75. The van der Waals surface area contributed by atoms with E-state index in [4.69, 9.17) is 0 Å². The zero-order valence-electron chi connectivity index (χ0n) is 15.0. The molecule has 0 radical (unpaired) electrons. The number of carbonyl (C=O) groups is 1. The third-order valence-electron chi connectivity index (χ3n) is 3.66. The Balaban J connectivity index is 1.91. The van der Waals surface area contributed by atoms with Crippen LogP contribution in [0, 0.1) is 0 Å². The Morgan fingerprint density at radius 2 is 1.85 bits per heavy atom. The van der Waals surface area contributed by atoms with Crippen molar-refractivity contribution in [1.29, 1.82) is 0 Å². The fourth-order valence-corrected chi connectivity index (χ4v) is 3.32. The highest BCUT2D eigenvalue weighted by atomic mass is 32.2. The van der Waals surface area contributed by atoms with E-state index in [1.165, 1.54) is 24.3 Å². The van der Waals surface area contributed by atoms with Crippen molar-refractivity contribution in [3.8, 4) is 0 Å². The molecule has 1 aromatic heterocycles. The molecule has 0 spiro atoms. The first-order valence-electron chi connectivity index (χ1n) is 8.31. The van der Waals surface area contributed by atoms with Crippen LogP contribution in [-0.4, -0.2) is 51.4 Å². The molecule has 0 aliphatic rings. The summed E-state index contributed by atoms with van der Waals surface area (Å²) < 4.78 is 27.0. The fraction of sp³-hybridized carbons (Fsp3) is 0.333. The molecule has 0 saturated heterocycles. The van der Waals surface area contributed by atoms with Gasteiger partial charge in [-0.25, -0.2) is 13.1 Å². The van der Waals surface area contributed by atoms with Crippen LogP contribution in [0.2, 0.25) is 0 Å². The molecular weight excluding hydrogens is 352 g/mol. The molecule has 0 saturated carbocycles. The van der Waals surface area contributed by atoms with Crippen LogP contribution in [0.3, 0.4) is 0 Å². The van der Waals surface area contributed by atoms with Crippen LogP contribution in [0.4, 0.5) is 0 Å². The Labute approximate surface area is 154 Å². The molecule has 2 aromatic rings. The van der Waals surface area contributed by atoms with Crippen molar-refractivity contribution in [3.63, 3.8) is 0 Å². The average Bonchev–Trinajstić information content (AvgIpc) is 2.64. The number of sulfonamides is 1. The number of carbonyl (C=O) groups excluding carboxylic acids is 1. The van der Waals surface area contributed by atoms with Crippen LogP contribution in [0.15, 0.2) is 53.6 Å². The third kappa shape index (κ3) is 6.21. The van der Waals surface area contributed by atoms with Gasteiger partial charge in [0.1, 0.15) is 0 Å². The Morgan fingerprint density at radius 3 is 2.46 bits per heavy atom. The molecule has 0 aliphatic carbocycles. The summed E-state index contributed by atoms with van der Waals surface area (Å²) in [7, 11) is 0.307. The number of hydrogen-bond acceptors (Lipinski definition) is 5.